The number of benzene rings is 1. The number of amides is 1. The number of alkyl halides is 3. The van der Waals surface area contributed by atoms with E-state index in [9.17, 15) is 18.0 Å². The number of fused-ring (bicyclic) bond motifs is 1. The summed E-state index contributed by atoms with van der Waals surface area (Å²) in [5.74, 6) is -1.03. The van der Waals surface area contributed by atoms with Crippen LogP contribution in [-0.4, -0.2) is 113 Å². The summed E-state index contributed by atoms with van der Waals surface area (Å²) in [5, 5.41) is 7.12. The van der Waals surface area contributed by atoms with Crippen LogP contribution in [0.4, 0.5) is 30.6 Å². The minimum absolute atomic E-state index is 0.0914. The van der Waals surface area contributed by atoms with Crippen molar-refractivity contribution in [1.82, 2.24) is 24.8 Å². The molecule has 44 heavy (non-hydrogen) atoms. The maximum atomic E-state index is 13.4. The zero-order valence-electron chi connectivity index (χ0n) is 24.3. The number of nitrogens with zero attached hydrogens (tertiary/aromatic N) is 7. The van der Waals surface area contributed by atoms with Crippen LogP contribution in [0, 0.1) is 0 Å². The van der Waals surface area contributed by atoms with Gasteiger partial charge in [0.1, 0.15) is 5.82 Å². The molecule has 3 aliphatic heterocycles. The van der Waals surface area contributed by atoms with Crippen LogP contribution in [-0.2, 0) is 16.0 Å². The first-order valence-electron chi connectivity index (χ1n) is 14.5. The molecule has 0 unspecified atom stereocenters. The van der Waals surface area contributed by atoms with Gasteiger partial charge in [-0.05, 0) is 37.2 Å². The normalized spacial score (nSPS) is 17.1. The van der Waals surface area contributed by atoms with Crippen LogP contribution in [0.25, 0.3) is 11.3 Å². The molecule has 5 heterocycles. The number of likely N-dealkylation sites (N-methyl/N-ethyl adjacent to an activating group) is 1. The number of carbonyl (C=O) groups excluding carboxylic acids is 1. The Balaban J connectivity index is 0.000000493. The average molecular weight is 614 g/mol. The van der Waals surface area contributed by atoms with Crippen LogP contribution >= 0.6 is 0 Å². The molecule has 0 radical (unpaired) electrons. The van der Waals surface area contributed by atoms with Crippen LogP contribution in [0.15, 0.2) is 48.8 Å². The van der Waals surface area contributed by atoms with E-state index in [1.54, 1.807) is 6.20 Å². The van der Waals surface area contributed by atoms with Crippen molar-refractivity contribution in [3.05, 3.63) is 59.9 Å². The molecule has 0 aliphatic carbocycles. The highest BCUT2D eigenvalue weighted by molar-refractivity contribution is 5.95. The van der Waals surface area contributed by atoms with E-state index in [2.05, 4.69) is 38.7 Å². The van der Waals surface area contributed by atoms with Gasteiger partial charge in [0.25, 0.3) is 5.91 Å². The van der Waals surface area contributed by atoms with Crippen LogP contribution in [0.1, 0.15) is 22.8 Å². The minimum Gasteiger partial charge on any atom is -0.475 e. The number of ether oxygens (including phenoxy) is 1. The number of aliphatic carboxylic acids is 1. The Morgan fingerprint density at radius 3 is 2.34 bits per heavy atom. The molecule has 1 amide bonds. The lowest BCUT2D eigenvalue weighted by atomic mass is 10.0. The molecule has 1 N–H and O–H groups in total. The van der Waals surface area contributed by atoms with E-state index in [1.165, 1.54) is 0 Å². The molecule has 3 aromatic rings. The number of aromatic nitrogens is 3. The van der Waals surface area contributed by atoms with Crippen LogP contribution in [0.5, 0.6) is 0 Å². The molecular formula is C30H34F3N7O4. The van der Waals surface area contributed by atoms with E-state index in [0.29, 0.717) is 24.7 Å². The number of carboxylic acids is 1. The van der Waals surface area contributed by atoms with Gasteiger partial charge in [0, 0.05) is 68.7 Å². The van der Waals surface area contributed by atoms with Gasteiger partial charge in [0.15, 0.2) is 0 Å². The lowest BCUT2D eigenvalue weighted by molar-refractivity contribution is -0.192. The van der Waals surface area contributed by atoms with Crippen molar-refractivity contribution >= 4 is 29.3 Å². The third kappa shape index (κ3) is 7.08. The maximum absolute atomic E-state index is 13.4. The number of halogens is 3. The Labute approximate surface area is 252 Å². The van der Waals surface area contributed by atoms with Crippen LogP contribution in [0.2, 0.25) is 0 Å². The summed E-state index contributed by atoms with van der Waals surface area (Å²) in [6.07, 6.45) is -0.585. The third-order valence-electron chi connectivity index (χ3n) is 7.80. The molecule has 2 saturated heterocycles. The molecule has 0 saturated carbocycles. The van der Waals surface area contributed by atoms with Gasteiger partial charge < -0.3 is 29.4 Å². The summed E-state index contributed by atoms with van der Waals surface area (Å²) in [6, 6.07) is 12.0. The number of hydrogen-bond acceptors (Lipinski definition) is 9. The zero-order chi connectivity index (χ0) is 31.3. The fraction of sp³-hybridized carbons (Fsp3) is 0.433. The quantitative estimate of drug-likeness (QED) is 0.459. The predicted molar refractivity (Wildman–Crippen MR) is 157 cm³/mol. The number of carboxylic acid groups (broad SMARTS) is 1. The lowest BCUT2D eigenvalue weighted by Gasteiger charge is -2.34. The van der Waals surface area contributed by atoms with E-state index >= 15 is 0 Å². The van der Waals surface area contributed by atoms with Crippen molar-refractivity contribution in [2.24, 2.45) is 0 Å². The number of anilines is 3. The van der Waals surface area contributed by atoms with Crippen LogP contribution < -0.4 is 9.80 Å². The Hall–Kier alpha value is -4.30. The van der Waals surface area contributed by atoms with Gasteiger partial charge in [0.05, 0.1) is 30.8 Å². The Morgan fingerprint density at radius 1 is 0.977 bits per heavy atom. The number of rotatable bonds is 5. The summed E-state index contributed by atoms with van der Waals surface area (Å²) in [4.78, 5) is 45.5. The molecule has 14 heteroatoms. The Bertz CT molecular complexity index is 1460. The highest BCUT2D eigenvalue weighted by atomic mass is 19.4. The maximum Gasteiger partial charge on any atom is 0.490 e. The molecule has 0 bridgehead atoms. The SMILES string of the molecule is CCN1CCN(C(=O)c2cccc(-c3nc(N4CCOCC4)nc4c3CCN4c3cccnc3)c2)CC1.O=C(O)C(F)(F)F. The van der Waals surface area contributed by atoms with E-state index in [-0.39, 0.29) is 5.91 Å². The Morgan fingerprint density at radius 2 is 1.70 bits per heavy atom. The average Bonchev–Trinajstić information content (AvgIpc) is 3.49. The van der Waals surface area contributed by atoms with Gasteiger partial charge in [-0.3, -0.25) is 9.78 Å². The van der Waals surface area contributed by atoms with Crippen molar-refractivity contribution in [3.63, 3.8) is 0 Å². The molecule has 1 aromatic carbocycles. The van der Waals surface area contributed by atoms with Crippen molar-refractivity contribution < 1.29 is 32.6 Å². The van der Waals surface area contributed by atoms with E-state index in [1.807, 2.05) is 35.4 Å². The summed E-state index contributed by atoms with van der Waals surface area (Å²) < 4.78 is 37.3. The van der Waals surface area contributed by atoms with Crippen molar-refractivity contribution in [1.29, 1.82) is 0 Å². The number of morpholine rings is 1. The summed E-state index contributed by atoms with van der Waals surface area (Å²) in [6.45, 7) is 10.2. The lowest BCUT2D eigenvalue weighted by Crippen LogP contribution is -2.48. The summed E-state index contributed by atoms with van der Waals surface area (Å²) in [5.41, 5.74) is 4.71. The molecule has 0 atom stereocenters. The largest absolute Gasteiger partial charge is 0.490 e. The third-order valence-corrected chi connectivity index (χ3v) is 7.80. The van der Waals surface area contributed by atoms with E-state index in [0.717, 1.165) is 87.1 Å². The van der Waals surface area contributed by atoms with Crippen LogP contribution in [0.3, 0.4) is 0 Å². The van der Waals surface area contributed by atoms with Gasteiger partial charge in [0.2, 0.25) is 5.95 Å². The zero-order valence-corrected chi connectivity index (χ0v) is 24.3. The first-order valence-corrected chi connectivity index (χ1v) is 14.5. The first kappa shape index (κ1) is 31.1. The van der Waals surface area contributed by atoms with Gasteiger partial charge >= 0.3 is 12.1 Å². The summed E-state index contributed by atoms with van der Waals surface area (Å²) in [7, 11) is 0. The minimum atomic E-state index is -5.08. The van der Waals surface area contributed by atoms with E-state index < -0.39 is 12.1 Å². The molecule has 234 valence electrons. The first-order chi connectivity index (χ1) is 21.2. The van der Waals surface area contributed by atoms with Gasteiger partial charge in [-0.15, -0.1) is 0 Å². The van der Waals surface area contributed by atoms with Gasteiger partial charge in [-0.2, -0.15) is 18.2 Å². The number of piperazine rings is 1. The molecular weight excluding hydrogens is 579 g/mol. The van der Waals surface area contributed by atoms with Gasteiger partial charge in [-0.25, -0.2) is 9.78 Å². The summed E-state index contributed by atoms with van der Waals surface area (Å²) >= 11 is 0. The molecule has 6 rings (SSSR count). The molecule has 3 aliphatic rings. The fourth-order valence-electron chi connectivity index (χ4n) is 5.40. The topological polar surface area (TPSA) is 115 Å². The second-order valence-electron chi connectivity index (χ2n) is 10.5. The fourth-order valence-corrected chi connectivity index (χ4v) is 5.40. The Kier molecular flexibility index (Phi) is 9.59. The predicted octanol–water partition coefficient (Wildman–Crippen LogP) is 3.48. The number of pyridine rings is 1. The standard InChI is InChI=1S/C28H33N7O2.C2HF3O2/c1-2-32-11-13-33(14-12-32)27(36)22-6-3-5-21(19-22)25-24-8-10-35(23-7-4-9-29-20-23)26(24)31-28(30-25)34-15-17-37-18-16-34;3-2(4,5)1(6)7/h3-7,9,19-20H,2,8,10-18H2,1H3;(H,6,7). The van der Waals surface area contributed by atoms with Crippen molar-refractivity contribution in [2.75, 3.05) is 75.4 Å². The second kappa shape index (κ2) is 13.6. The molecule has 0 spiro atoms. The smallest absolute Gasteiger partial charge is 0.475 e. The molecule has 2 aromatic heterocycles. The highest BCUT2D eigenvalue weighted by Crippen LogP contribution is 2.39. The monoisotopic (exact) mass is 613 g/mol. The molecule has 11 nitrogen and oxygen atoms in total. The van der Waals surface area contributed by atoms with E-state index in [4.69, 9.17) is 24.6 Å². The number of carbonyl (C=O) groups is 2. The van der Waals surface area contributed by atoms with Crippen molar-refractivity contribution in [3.8, 4) is 11.3 Å². The van der Waals surface area contributed by atoms with Crippen molar-refractivity contribution in [2.45, 2.75) is 19.5 Å². The van der Waals surface area contributed by atoms with Gasteiger partial charge in [-0.1, -0.05) is 19.1 Å². The molecule has 2 fully saturated rings. The highest BCUT2D eigenvalue weighted by Gasteiger charge is 2.38. The second-order valence-corrected chi connectivity index (χ2v) is 10.5. The number of hydrogen-bond donors (Lipinski definition) is 1.